The van der Waals surface area contributed by atoms with Crippen LogP contribution in [0.1, 0.15) is 13.0 Å². The minimum atomic E-state index is 0. The molecule has 0 amide bonds. The topological polar surface area (TPSA) is 15.3 Å². The highest BCUT2D eigenvalue weighted by molar-refractivity contribution is 5.47. The lowest BCUT2D eigenvalue weighted by atomic mass is 10.2. The van der Waals surface area contributed by atoms with Crippen LogP contribution >= 0.6 is 0 Å². The lowest BCUT2D eigenvalue weighted by molar-refractivity contribution is 0.589. The molecule has 2 nitrogen and oxygen atoms in total. The van der Waals surface area contributed by atoms with E-state index >= 15 is 0 Å². The van der Waals surface area contributed by atoms with Crippen LogP contribution in [0.25, 0.3) is 0 Å². The van der Waals surface area contributed by atoms with Gasteiger partial charge >= 0.3 is 0 Å². The molecule has 0 bridgehead atoms. The number of aryl methyl sites for hydroxylation is 1. The Labute approximate surface area is 86.9 Å². The maximum absolute atomic E-state index is 3.35. The SMILES string of the molecule is C.Cc1ccc(N2CCNCC2)cc1. The van der Waals surface area contributed by atoms with Gasteiger partial charge in [0, 0.05) is 31.9 Å². The third-order valence-corrected chi connectivity index (χ3v) is 2.52. The summed E-state index contributed by atoms with van der Waals surface area (Å²) in [6, 6.07) is 8.77. The lowest BCUT2D eigenvalue weighted by Crippen LogP contribution is -2.43. The van der Waals surface area contributed by atoms with Gasteiger partial charge in [0.05, 0.1) is 0 Å². The highest BCUT2D eigenvalue weighted by Crippen LogP contribution is 2.14. The van der Waals surface area contributed by atoms with Crippen molar-refractivity contribution in [3.8, 4) is 0 Å². The number of benzene rings is 1. The highest BCUT2D eigenvalue weighted by Gasteiger charge is 2.08. The molecule has 1 aliphatic rings. The quantitative estimate of drug-likeness (QED) is 0.732. The van der Waals surface area contributed by atoms with Crippen LogP contribution in [-0.4, -0.2) is 26.2 Å². The van der Waals surface area contributed by atoms with Gasteiger partial charge < -0.3 is 10.2 Å². The molecule has 0 unspecified atom stereocenters. The molecular formula is C12H20N2. The average molecular weight is 192 g/mol. The zero-order valence-corrected chi connectivity index (χ0v) is 8.09. The molecule has 0 aliphatic carbocycles. The summed E-state index contributed by atoms with van der Waals surface area (Å²) in [7, 11) is 0. The van der Waals surface area contributed by atoms with Gasteiger partial charge in [0.25, 0.3) is 0 Å². The molecule has 1 saturated heterocycles. The van der Waals surface area contributed by atoms with Gasteiger partial charge in [-0.1, -0.05) is 25.1 Å². The number of rotatable bonds is 1. The second-order valence-electron chi connectivity index (χ2n) is 3.57. The summed E-state index contributed by atoms with van der Waals surface area (Å²) in [4.78, 5) is 2.43. The van der Waals surface area contributed by atoms with Crippen molar-refractivity contribution in [2.75, 3.05) is 31.1 Å². The Kier molecular flexibility index (Phi) is 3.96. The maximum Gasteiger partial charge on any atom is 0.0367 e. The minimum Gasteiger partial charge on any atom is -0.369 e. The van der Waals surface area contributed by atoms with Crippen molar-refractivity contribution in [2.24, 2.45) is 0 Å². The Bertz CT molecular complexity index is 260. The van der Waals surface area contributed by atoms with Crippen LogP contribution in [0.2, 0.25) is 0 Å². The third kappa shape index (κ3) is 2.48. The summed E-state index contributed by atoms with van der Waals surface area (Å²) in [5.74, 6) is 0. The van der Waals surface area contributed by atoms with Crippen LogP contribution in [0, 0.1) is 6.92 Å². The largest absolute Gasteiger partial charge is 0.369 e. The second kappa shape index (κ2) is 5.01. The van der Waals surface area contributed by atoms with Crippen molar-refractivity contribution < 1.29 is 0 Å². The second-order valence-corrected chi connectivity index (χ2v) is 3.57. The van der Waals surface area contributed by atoms with Gasteiger partial charge in [-0.25, -0.2) is 0 Å². The summed E-state index contributed by atoms with van der Waals surface area (Å²) in [6.07, 6.45) is 0. The van der Waals surface area contributed by atoms with E-state index in [0.717, 1.165) is 26.2 Å². The number of piperazine rings is 1. The zero-order chi connectivity index (χ0) is 9.10. The van der Waals surface area contributed by atoms with Crippen molar-refractivity contribution in [3.63, 3.8) is 0 Å². The van der Waals surface area contributed by atoms with E-state index in [-0.39, 0.29) is 7.43 Å². The summed E-state index contributed by atoms with van der Waals surface area (Å²) < 4.78 is 0. The third-order valence-electron chi connectivity index (χ3n) is 2.52. The fourth-order valence-electron chi connectivity index (χ4n) is 1.68. The molecule has 1 aromatic rings. The Morgan fingerprint density at radius 1 is 1.07 bits per heavy atom. The van der Waals surface area contributed by atoms with Gasteiger partial charge in [-0.3, -0.25) is 0 Å². The molecule has 2 rings (SSSR count). The van der Waals surface area contributed by atoms with Crippen LogP contribution < -0.4 is 10.2 Å². The first kappa shape index (κ1) is 11.1. The standard InChI is InChI=1S/C11H16N2.CH4/c1-10-2-4-11(5-3-10)13-8-6-12-7-9-13;/h2-5,12H,6-9H2,1H3;1H4. The van der Waals surface area contributed by atoms with Crippen molar-refractivity contribution in [2.45, 2.75) is 14.4 Å². The molecule has 0 aromatic heterocycles. The Morgan fingerprint density at radius 3 is 2.21 bits per heavy atom. The first-order valence-corrected chi connectivity index (χ1v) is 4.88. The number of anilines is 1. The lowest BCUT2D eigenvalue weighted by Gasteiger charge is -2.29. The van der Waals surface area contributed by atoms with Crippen LogP contribution in [-0.2, 0) is 0 Å². The molecule has 14 heavy (non-hydrogen) atoms. The molecular weight excluding hydrogens is 172 g/mol. The van der Waals surface area contributed by atoms with Crippen molar-refractivity contribution in [3.05, 3.63) is 29.8 Å². The molecule has 1 fully saturated rings. The maximum atomic E-state index is 3.35. The van der Waals surface area contributed by atoms with Gasteiger partial charge in [-0.05, 0) is 19.1 Å². The van der Waals surface area contributed by atoms with Crippen molar-refractivity contribution in [1.29, 1.82) is 0 Å². The molecule has 0 spiro atoms. The van der Waals surface area contributed by atoms with Crippen LogP contribution in [0.5, 0.6) is 0 Å². The molecule has 1 aromatic carbocycles. The van der Waals surface area contributed by atoms with E-state index in [0.29, 0.717) is 0 Å². The average Bonchev–Trinajstić information content (AvgIpc) is 2.20. The highest BCUT2D eigenvalue weighted by atomic mass is 15.2. The molecule has 0 radical (unpaired) electrons. The minimum absolute atomic E-state index is 0. The Balaban J connectivity index is 0.000000980. The van der Waals surface area contributed by atoms with E-state index in [2.05, 4.69) is 41.4 Å². The Morgan fingerprint density at radius 2 is 1.64 bits per heavy atom. The number of nitrogens with one attached hydrogen (secondary N) is 1. The normalized spacial score (nSPS) is 16.2. The summed E-state index contributed by atoms with van der Waals surface area (Å²) in [5, 5.41) is 3.35. The van der Waals surface area contributed by atoms with E-state index in [1.165, 1.54) is 11.3 Å². The Hall–Kier alpha value is -1.02. The van der Waals surface area contributed by atoms with Crippen molar-refractivity contribution >= 4 is 5.69 Å². The summed E-state index contributed by atoms with van der Waals surface area (Å²) in [6.45, 7) is 6.59. The van der Waals surface area contributed by atoms with Gasteiger partial charge in [0.2, 0.25) is 0 Å². The molecule has 78 valence electrons. The first-order chi connectivity index (χ1) is 6.36. The fourth-order valence-corrected chi connectivity index (χ4v) is 1.68. The van der Waals surface area contributed by atoms with Gasteiger partial charge in [0.1, 0.15) is 0 Å². The van der Waals surface area contributed by atoms with Crippen molar-refractivity contribution in [1.82, 2.24) is 5.32 Å². The monoisotopic (exact) mass is 192 g/mol. The molecule has 0 saturated carbocycles. The summed E-state index contributed by atoms with van der Waals surface area (Å²) in [5.41, 5.74) is 2.69. The predicted octanol–water partition coefficient (Wildman–Crippen LogP) is 2.04. The van der Waals surface area contributed by atoms with Gasteiger partial charge in [0.15, 0.2) is 0 Å². The number of hydrogen-bond donors (Lipinski definition) is 1. The van der Waals surface area contributed by atoms with E-state index in [9.17, 15) is 0 Å². The molecule has 0 atom stereocenters. The van der Waals surface area contributed by atoms with Gasteiger partial charge in [-0.2, -0.15) is 0 Å². The molecule has 1 aliphatic heterocycles. The van der Waals surface area contributed by atoms with Crippen LogP contribution in [0.4, 0.5) is 5.69 Å². The first-order valence-electron chi connectivity index (χ1n) is 4.88. The van der Waals surface area contributed by atoms with E-state index < -0.39 is 0 Å². The van der Waals surface area contributed by atoms with E-state index in [4.69, 9.17) is 0 Å². The predicted molar refractivity (Wildman–Crippen MR) is 63.0 cm³/mol. The van der Waals surface area contributed by atoms with E-state index in [1.807, 2.05) is 0 Å². The number of hydrogen-bond acceptors (Lipinski definition) is 2. The summed E-state index contributed by atoms with van der Waals surface area (Å²) >= 11 is 0. The van der Waals surface area contributed by atoms with Crippen LogP contribution in [0.3, 0.4) is 0 Å². The molecule has 1 N–H and O–H groups in total. The zero-order valence-electron chi connectivity index (χ0n) is 8.09. The fraction of sp³-hybridized carbons (Fsp3) is 0.500. The smallest absolute Gasteiger partial charge is 0.0367 e. The van der Waals surface area contributed by atoms with Gasteiger partial charge in [-0.15, -0.1) is 0 Å². The molecule has 2 heteroatoms. The number of nitrogens with zero attached hydrogens (tertiary/aromatic N) is 1. The van der Waals surface area contributed by atoms with E-state index in [1.54, 1.807) is 0 Å². The molecule has 1 heterocycles. The van der Waals surface area contributed by atoms with Crippen LogP contribution in [0.15, 0.2) is 24.3 Å².